The average molecular weight is 287 g/mol. The molecule has 0 amide bonds. The highest BCUT2D eigenvalue weighted by Gasteiger charge is 2.10. The van der Waals surface area contributed by atoms with Gasteiger partial charge in [-0.3, -0.25) is 4.79 Å². The second-order valence-corrected chi connectivity index (χ2v) is 5.17. The summed E-state index contributed by atoms with van der Waals surface area (Å²) in [6.45, 7) is 3.29. The highest BCUT2D eigenvalue weighted by atomic mass is 16.4. The molecule has 21 heavy (non-hydrogen) atoms. The molecule has 0 spiro atoms. The van der Waals surface area contributed by atoms with Crippen LogP contribution in [0.4, 0.5) is 5.69 Å². The van der Waals surface area contributed by atoms with Crippen molar-refractivity contribution in [1.82, 2.24) is 9.55 Å². The summed E-state index contributed by atoms with van der Waals surface area (Å²) >= 11 is 0. The molecule has 0 aliphatic rings. The van der Waals surface area contributed by atoms with E-state index in [1.165, 1.54) is 5.56 Å². The molecule has 0 aliphatic heterocycles. The molecule has 1 aromatic heterocycles. The van der Waals surface area contributed by atoms with E-state index in [2.05, 4.69) is 9.88 Å². The van der Waals surface area contributed by atoms with Gasteiger partial charge in [-0.05, 0) is 19.1 Å². The summed E-state index contributed by atoms with van der Waals surface area (Å²) in [7, 11) is 1.97. The Bertz CT molecular complexity index is 590. The number of hydrogen-bond acceptors (Lipinski definition) is 3. The van der Waals surface area contributed by atoms with Gasteiger partial charge in [0.1, 0.15) is 5.82 Å². The molecule has 0 saturated heterocycles. The summed E-state index contributed by atoms with van der Waals surface area (Å²) in [5.41, 5.74) is 2.25. The van der Waals surface area contributed by atoms with Crippen LogP contribution < -0.4 is 4.90 Å². The van der Waals surface area contributed by atoms with E-state index in [9.17, 15) is 4.79 Å². The minimum Gasteiger partial charge on any atom is -0.481 e. The number of carbonyl (C=O) groups is 1. The highest BCUT2D eigenvalue weighted by Crippen LogP contribution is 2.16. The Hall–Kier alpha value is -2.30. The maximum atomic E-state index is 10.8. The van der Waals surface area contributed by atoms with Crippen molar-refractivity contribution in [3.63, 3.8) is 0 Å². The summed E-state index contributed by atoms with van der Waals surface area (Å²) in [6, 6.07) is 8.17. The molecule has 5 nitrogen and oxygen atoms in total. The number of nitrogens with zero attached hydrogens (tertiary/aromatic N) is 3. The SMILES string of the molecule is Cc1ccc(N(CCC(=O)O)CCc2nccn2C)cc1. The topological polar surface area (TPSA) is 58.4 Å². The van der Waals surface area contributed by atoms with Crippen LogP contribution >= 0.6 is 0 Å². The fourth-order valence-corrected chi connectivity index (χ4v) is 2.23. The van der Waals surface area contributed by atoms with E-state index in [1.54, 1.807) is 6.20 Å². The van der Waals surface area contributed by atoms with Gasteiger partial charge in [0.15, 0.2) is 0 Å². The molecule has 0 atom stereocenters. The van der Waals surface area contributed by atoms with Crippen LogP contribution in [0.3, 0.4) is 0 Å². The zero-order valence-electron chi connectivity index (χ0n) is 12.5. The van der Waals surface area contributed by atoms with Crippen LogP contribution in [-0.4, -0.2) is 33.7 Å². The zero-order chi connectivity index (χ0) is 15.2. The maximum absolute atomic E-state index is 10.8. The Labute approximate surface area is 124 Å². The van der Waals surface area contributed by atoms with Gasteiger partial charge in [0, 0.05) is 44.6 Å². The molecular formula is C16H21N3O2. The van der Waals surface area contributed by atoms with Crippen molar-refractivity contribution < 1.29 is 9.90 Å². The second-order valence-electron chi connectivity index (χ2n) is 5.17. The number of aryl methyl sites for hydroxylation is 2. The number of hydrogen-bond donors (Lipinski definition) is 1. The first kappa shape index (κ1) is 15.1. The Balaban J connectivity index is 2.06. The van der Waals surface area contributed by atoms with E-state index in [-0.39, 0.29) is 6.42 Å². The standard InChI is InChI=1S/C16H21N3O2/c1-13-3-5-14(6-4-13)19(11-8-16(20)21)10-7-15-17-9-12-18(15)2/h3-6,9,12H,7-8,10-11H2,1-2H3,(H,20,21). The first-order valence-electron chi connectivity index (χ1n) is 7.06. The number of carboxylic acids is 1. The van der Waals surface area contributed by atoms with Crippen LogP contribution in [-0.2, 0) is 18.3 Å². The van der Waals surface area contributed by atoms with Crippen molar-refractivity contribution in [2.75, 3.05) is 18.0 Å². The first-order valence-corrected chi connectivity index (χ1v) is 7.06. The van der Waals surface area contributed by atoms with E-state index < -0.39 is 5.97 Å². The number of benzene rings is 1. The van der Waals surface area contributed by atoms with Crippen molar-refractivity contribution in [3.05, 3.63) is 48.0 Å². The number of imidazole rings is 1. The summed E-state index contributed by atoms with van der Waals surface area (Å²) in [4.78, 5) is 17.2. The fourth-order valence-electron chi connectivity index (χ4n) is 2.23. The van der Waals surface area contributed by atoms with Gasteiger partial charge < -0.3 is 14.6 Å². The lowest BCUT2D eigenvalue weighted by atomic mass is 10.2. The van der Waals surface area contributed by atoms with E-state index in [0.29, 0.717) is 6.54 Å². The number of carboxylic acid groups (broad SMARTS) is 1. The van der Waals surface area contributed by atoms with Crippen LogP contribution in [0.2, 0.25) is 0 Å². The number of aromatic nitrogens is 2. The third kappa shape index (κ3) is 4.34. The van der Waals surface area contributed by atoms with E-state index in [0.717, 1.165) is 24.5 Å². The van der Waals surface area contributed by atoms with Gasteiger partial charge in [-0.1, -0.05) is 17.7 Å². The molecule has 0 aliphatic carbocycles. The molecule has 112 valence electrons. The molecule has 1 heterocycles. The second kappa shape index (κ2) is 6.92. The molecule has 0 unspecified atom stereocenters. The summed E-state index contributed by atoms with van der Waals surface area (Å²) in [5, 5.41) is 8.91. The lowest BCUT2D eigenvalue weighted by Gasteiger charge is -2.24. The largest absolute Gasteiger partial charge is 0.481 e. The van der Waals surface area contributed by atoms with Crippen LogP contribution in [0.25, 0.3) is 0 Å². The fraction of sp³-hybridized carbons (Fsp3) is 0.375. The molecule has 1 N–H and O–H groups in total. The van der Waals surface area contributed by atoms with Gasteiger partial charge in [0.05, 0.1) is 6.42 Å². The molecule has 0 saturated carbocycles. The van der Waals surface area contributed by atoms with Gasteiger partial charge >= 0.3 is 5.97 Å². The van der Waals surface area contributed by atoms with Crippen molar-refractivity contribution in [1.29, 1.82) is 0 Å². The van der Waals surface area contributed by atoms with Gasteiger partial charge in [0.2, 0.25) is 0 Å². The summed E-state index contributed by atoms with van der Waals surface area (Å²) < 4.78 is 1.99. The van der Waals surface area contributed by atoms with Gasteiger partial charge in [-0.15, -0.1) is 0 Å². The monoisotopic (exact) mass is 287 g/mol. The summed E-state index contributed by atoms with van der Waals surface area (Å²) in [5.74, 6) is 0.228. The van der Waals surface area contributed by atoms with Crippen LogP contribution in [0.1, 0.15) is 17.8 Å². The molecule has 0 fully saturated rings. The predicted octanol–water partition coefficient (Wildman–Crippen LogP) is 2.25. The molecule has 1 aromatic carbocycles. The molecule has 5 heteroatoms. The van der Waals surface area contributed by atoms with Gasteiger partial charge in [0.25, 0.3) is 0 Å². The van der Waals surface area contributed by atoms with Crippen molar-refractivity contribution in [3.8, 4) is 0 Å². The van der Waals surface area contributed by atoms with Crippen molar-refractivity contribution in [2.45, 2.75) is 19.8 Å². The molecule has 2 rings (SSSR count). The molecule has 0 bridgehead atoms. The Morgan fingerprint density at radius 3 is 2.57 bits per heavy atom. The highest BCUT2D eigenvalue weighted by molar-refractivity contribution is 5.67. The smallest absolute Gasteiger partial charge is 0.305 e. The van der Waals surface area contributed by atoms with Crippen LogP contribution in [0, 0.1) is 6.92 Å². The number of aliphatic carboxylic acids is 1. The van der Waals surface area contributed by atoms with Crippen LogP contribution in [0.15, 0.2) is 36.7 Å². The lowest BCUT2D eigenvalue weighted by molar-refractivity contribution is -0.136. The first-order chi connectivity index (χ1) is 10.1. The predicted molar refractivity (Wildman–Crippen MR) is 82.6 cm³/mol. The third-order valence-electron chi connectivity index (χ3n) is 3.52. The Morgan fingerprint density at radius 1 is 1.29 bits per heavy atom. The normalized spacial score (nSPS) is 10.6. The minimum atomic E-state index is -0.774. The quantitative estimate of drug-likeness (QED) is 0.848. The van der Waals surface area contributed by atoms with Crippen molar-refractivity contribution in [2.24, 2.45) is 7.05 Å². The number of rotatable bonds is 7. The van der Waals surface area contributed by atoms with Crippen LogP contribution in [0.5, 0.6) is 0 Å². The van der Waals surface area contributed by atoms with Gasteiger partial charge in [-0.2, -0.15) is 0 Å². The Kier molecular flexibility index (Phi) is 4.98. The molecular weight excluding hydrogens is 266 g/mol. The van der Waals surface area contributed by atoms with E-state index in [1.807, 2.05) is 49.0 Å². The average Bonchev–Trinajstić information content (AvgIpc) is 2.85. The van der Waals surface area contributed by atoms with E-state index in [4.69, 9.17) is 5.11 Å². The molecule has 2 aromatic rings. The summed E-state index contributed by atoms with van der Waals surface area (Å²) in [6.07, 6.45) is 4.62. The Morgan fingerprint density at radius 2 is 2.00 bits per heavy atom. The van der Waals surface area contributed by atoms with E-state index >= 15 is 0 Å². The minimum absolute atomic E-state index is 0.133. The maximum Gasteiger partial charge on any atom is 0.305 e. The lowest BCUT2D eigenvalue weighted by Crippen LogP contribution is -2.29. The van der Waals surface area contributed by atoms with Gasteiger partial charge in [-0.25, -0.2) is 4.98 Å². The zero-order valence-corrected chi connectivity index (χ0v) is 12.5. The molecule has 0 radical (unpaired) electrons. The third-order valence-corrected chi connectivity index (χ3v) is 3.52. The number of anilines is 1. The van der Waals surface area contributed by atoms with Crippen molar-refractivity contribution >= 4 is 11.7 Å².